The molecule has 0 aromatic carbocycles. The van der Waals surface area contributed by atoms with Gasteiger partial charge in [0.1, 0.15) is 0 Å². The molecule has 0 fully saturated rings. The van der Waals surface area contributed by atoms with Gasteiger partial charge in [0, 0.05) is 12.8 Å². The van der Waals surface area contributed by atoms with E-state index in [1.807, 2.05) is 52.0 Å². The molecule has 0 atom stereocenters. The maximum atomic E-state index is 11.5. The summed E-state index contributed by atoms with van der Waals surface area (Å²) in [5.41, 5.74) is 9.84. The van der Waals surface area contributed by atoms with Crippen molar-refractivity contribution >= 4 is 72.3 Å². The Balaban J connectivity index is 0.00000423. The summed E-state index contributed by atoms with van der Waals surface area (Å²) < 4.78 is 0. The van der Waals surface area contributed by atoms with Gasteiger partial charge in [0.2, 0.25) is 0 Å². The largest absolute Gasteiger partial charge is 4.00 e. The average molecular weight is 679 g/mol. The van der Waals surface area contributed by atoms with Crippen molar-refractivity contribution in [2.24, 2.45) is 0 Å². The molecule has 0 aliphatic carbocycles. The molecule has 0 unspecified atom stereocenters. The third-order valence-electron chi connectivity index (χ3n) is 8.06. The van der Waals surface area contributed by atoms with E-state index in [4.69, 9.17) is 19.9 Å². The zero-order valence-corrected chi connectivity index (χ0v) is 27.6. The van der Waals surface area contributed by atoms with E-state index in [2.05, 4.69) is 13.2 Å². The van der Waals surface area contributed by atoms with Gasteiger partial charge in [-0.1, -0.05) is 83.0 Å². The van der Waals surface area contributed by atoms with Crippen LogP contribution in [0.1, 0.15) is 80.1 Å². The standard InChI is InChI=1S/C34H32N4O4.Sn/c1-7-21-17(3)25-13-26-19(5)23(9-11-33(39)40)31(37-26)16-32-24(10-12-34(41)42)20(6)28(38-32)15-30-22(8-2)18(4)27(36-30)14-29(21)35-25;/h7-8,13-16H,1-2,9-12H2,3-6H3,(H,39,40)(H,41,42);/q-4;+4/b25-13-,26-13?,27-14?,28-15?,29-14-,30-15?,31-16?,32-16-;. The smallest absolute Gasteiger partial charge is 0.657 e. The van der Waals surface area contributed by atoms with E-state index in [0.29, 0.717) is 40.6 Å². The normalized spacial score (nSPS) is 14.2. The van der Waals surface area contributed by atoms with E-state index in [1.165, 1.54) is 0 Å². The molecule has 9 heteroatoms. The minimum Gasteiger partial charge on any atom is -0.657 e. The predicted octanol–water partition coefficient (Wildman–Crippen LogP) is 1.32. The molecule has 1 aliphatic rings. The van der Waals surface area contributed by atoms with Crippen molar-refractivity contribution in [1.29, 1.82) is 0 Å². The van der Waals surface area contributed by atoms with Crippen molar-refractivity contribution in [2.75, 3.05) is 0 Å². The first-order valence-corrected chi connectivity index (χ1v) is 13.8. The number of aromatic nitrogens is 4. The second-order valence-corrected chi connectivity index (χ2v) is 10.6. The molecule has 0 saturated carbocycles. The van der Waals surface area contributed by atoms with Gasteiger partial charge in [0.15, 0.2) is 0 Å². The first-order chi connectivity index (χ1) is 20.0. The van der Waals surface area contributed by atoms with Gasteiger partial charge in [0.05, 0.1) is 0 Å². The maximum Gasteiger partial charge on any atom is 4.00 e. The van der Waals surface area contributed by atoms with Crippen molar-refractivity contribution in [2.45, 2.75) is 53.4 Å². The summed E-state index contributed by atoms with van der Waals surface area (Å²) in [4.78, 5) is 42.7. The summed E-state index contributed by atoms with van der Waals surface area (Å²) in [5.74, 6) is -1.80. The van der Waals surface area contributed by atoms with Gasteiger partial charge in [-0.2, -0.15) is 0 Å². The third kappa shape index (κ3) is 6.01. The first kappa shape index (κ1) is 31.7. The quantitative estimate of drug-likeness (QED) is 0.235. The Kier molecular flexibility index (Phi) is 9.29. The van der Waals surface area contributed by atoms with E-state index in [-0.39, 0.29) is 36.7 Å². The zero-order chi connectivity index (χ0) is 30.3. The van der Waals surface area contributed by atoms with Crippen molar-refractivity contribution in [3.05, 3.63) is 102 Å². The number of aliphatic carboxylic acids is 2. The van der Waals surface area contributed by atoms with Crippen molar-refractivity contribution < 1.29 is 19.8 Å². The van der Waals surface area contributed by atoms with Gasteiger partial charge >= 0.3 is 35.8 Å². The van der Waals surface area contributed by atoms with Crippen molar-refractivity contribution in [3.8, 4) is 0 Å². The minimum atomic E-state index is -0.898. The summed E-state index contributed by atoms with van der Waals surface area (Å²) >= 11 is 0. The molecule has 8 bridgehead atoms. The Hall–Kier alpha value is -4.18. The van der Waals surface area contributed by atoms with E-state index in [1.54, 1.807) is 12.2 Å². The Bertz CT molecular complexity index is 2030. The Morgan fingerprint density at radius 2 is 1.09 bits per heavy atom. The van der Waals surface area contributed by atoms with Crippen LogP contribution in [0.4, 0.5) is 0 Å². The molecule has 4 aromatic heterocycles. The van der Waals surface area contributed by atoms with Gasteiger partial charge in [-0.05, 0) is 51.7 Å². The molecule has 43 heavy (non-hydrogen) atoms. The predicted molar refractivity (Wildman–Crippen MR) is 169 cm³/mol. The van der Waals surface area contributed by atoms with E-state index in [9.17, 15) is 19.8 Å². The number of rotatable bonds is 8. The minimum absolute atomic E-state index is 0. The number of hydrogen-bond donors (Lipinski definition) is 2. The van der Waals surface area contributed by atoms with Crippen LogP contribution in [0.3, 0.4) is 0 Å². The van der Waals surface area contributed by atoms with Crippen LogP contribution in [-0.4, -0.2) is 46.1 Å². The molecule has 216 valence electrons. The summed E-state index contributed by atoms with van der Waals surface area (Å²) in [5, 5.41) is 21.7. The van der Waals surface area contributed by atoms with Crippen LogP contribution in [0.2, 0.25) is 0 Å². The van der Waals surface area contributed by atoms with Gasteiger partial charge in [-0.15, -0.1) is 44.2 Å². The maximum absolute atomic E-state index is 11.5. The van der Waals surface area contributed by atoms with Crippen LogP contribution in [0.25, 0.3) is 36.5 Å². The molecular formula is C34H32N4O4Sn. The molecule has 5 heterocycles. The molecule has 0 amide bonds. The molecule has 4 aromatic rings. The Morgan fingerprint density at radius 3 is 1.72 bits per heavy atom. The molecule has 1 aliphatic heterocycles. The Morgan fingerprint density at radius 1 is 0.605 bits per heavy atom. The van der Waals surface area contributed by atoms with Gasteiger partial charge in [-0.25, -0.2) is 0 Å². The number of carbonyl (C=O) groups is 2. The average Bonchev–Trinajstić information content (AvgIpc) is 3.59. The van der Waals surface area contributed by atoms with Crippen molar-refractivity contribution in [1.82, 2.24) is 19.9 Å². The van der Waals surface area contributed by atoms with Crippen LogP contribution in [0, 0.1) is 27.7 Å². The fourth-order valence-corrected chi connectivity index (χ4v) is 5.61. The number of nitrogens with zero attached hydrogens (tertiary/aromatic N) is 4. The van der Waals surface area contributed by atoms with Crippen LogP contribution in [0.5, 0.6) is 0 Å². The number of fused-ring (bicyclic) bond motifs is 8. The van der Waals surface area contributed by atoms with E-state index >= 15 is 0 Å². The molecule has 0 spiro atoms. The summed E-state index contributed by atoms with van der Waals surface area (Å²) in [6.45, 7) is 15.9. The van der Waals surface area contributed by atoms with E-state index < -0.39 is 11.9 Å². The molecular weight excluding hydrogens is 647 g/mol. The van der Waals surface area contributed by atoms with Gasteiger partial charge in [0.25, 0.3) is 0 Å². The monoisotopic (exact) mass is 680 g/mol. The topological polar surface area (TPSA) is 131 Å². The fraction of sp³-hybridized carbons (Fsp3) is 0.235. The number of carboxylic acids is 2. The Labute approximate surface area is 266 Å². The number of carboxylic acid groups (broad SMARTS) is 2. The van der Waals surface area contributed by atoms with Crippen LogP contribution in [-0.2, 0) is 22.4 Å². The summed E-state index contributed by atoms with van der Waals surface area (Å²) in [6.07, 6.45) is 11.7. The summed E-state index contributed by atoms with van der Waals surface area (Å²) in [7, 11) is 0. The third-order valence-corrected chi connectivity index (χ3v) is 8.06. The molecule has 0 saturated heterocycles. The van der Waals surface area contributed by atoms with Crippen LogP contribution in [0.15, 0.2) is 13.2 Å². The number of hydrogen-bond acceptors (Lipinski definition) is 2. The van der Waals surface area contributed by atoms with Crippen LogP contribution >= 0.6 is 0 Å². The molecule has 5 rings (SSSR count). The van der Waals surface area contributed by atoms with Gasteiger partial charge < -0.3 is 30.1 Å². The van der Waals surface area contributed by atoms with E-state index in [0.717, 1.165) is 60.9 Å². The second kappa shape index (κ2) is 12.6. The van der Waals surface area contributed by atoms with Crippen LogP contribution < -0.4 is 41.3 Å². The SMILES string of the molecule is C=Cc1c2[n-]c(c1C)/C=c1\[n-]/c(c(C)c1C=C)=C\c1[n-]c(c(CCC(=O)O)c1C)/C=c1\[n-]c(c(C)c1CCC(=O)O)=C2.[Sn+4]. The first-order valence-electron chi connectivity index (χ1n) is 13.8. The molecule has 2 N–H and O–H groups in total. The summed E-state index contributed by atoms with van der Waals surface area (Å²) in [6, 6.07) is 0. The second-order valence-electron chi connectivity index (χ2n) is 10.6. The fourth-order valence-electron chi connectivity index (χ4n) is 5.61. The van der Waals surface area contributed by atoms with Gasteiger partial charge in [-0.3, -0.25) is 9.59 Å². The molecule has 0 radical (unpaired) electrons. The zero-order valence-electron chi connectivity index (χ0n) is 24.7. The molecule has 8 nitrogen and oxygen atoms in total. The van der Waals surface area contributed by atoms with Crippen molar-refractivity contribution in [3.63, 3.8) is 0 Å².